The molecule has 1 aliphatic carbocycles. The monoisotopic (exact) mass is 322 g/mol. The molecule has 0 N–H and O–H groups in total. The summed E-state index contributed by atoms with van der Waals surface area (Å²) in [7, 11) is 0. The molecule has 0 radical (unpaired) electrons. The maximum absolute atomic E-state index is 13.8. The predicted octanol–water partition coefficient (Wildman–Crippen LogP) is 4.94. The lowest BCUT2D eigenvalue weighted by Crippen LogP contribution is -2.01. The van der Waals surface area contributed by atoms with Crippen molar-refractivity contribution in [3.8, 4) is 0 Å². The van der Waals surface area contributed by atoms with Gasteiger partial charge in [0.15, 0.2) is 0 Å². The lowest BCUT2D eigenvalue weighted by molar-refractivity contribution is 0.561. The zero-order chi connectivity index (χ0) is 13.4. The number of aryl methyl sites for hydroxylation is 2. The average molecular weight is 323 g/mol. The van der Waals surface area contributed by atoms with E-state index in [4.69, 9.17) is 0 Å². The second-order valence-corrected chi connectivity index (χ2v) is 5.80. The largest absolute Gasteiger partial charge is 0.207 e. The number of fused-ring (bicyclic) bond motifs is 1. The van der Waals surface area contributed by atoms with Gasteiger partial charge in [-0.1, -0.05) is 40.2 Å². The van der Waals surface area contributed by atoms with Crippen molar-refractivity contribution in [2.45, 2.75) is 24.1 Å². The van der Waals surface area contributed by atoms with Crippen LogP contribution >= 0.6 is 15.9 Å². The first-order valence-corrected chi connectivity index (χ1v) is 7.28. The topological polar surface area (TPSA) is 0 Å². The van der Waals surface area contributed by atoms with Gasteiger partial charge >= 0.3 is 0 Å². The number of alkyl halides is 1. The Labute approximate surface area is 119 Å². The van der Waals surface area contributed by atoms with E-state index in [1.54, 1.807) is 0 Å². The van der Waals surface area contributed by atoms with Crippen LogP contribution in [0.15, 0.2) is 36.4 Å². The summed E-state index contributed by atoms with van der Waals surface area (Å²) in [5.74, 6) is -1.02. The van der Waals surface area contributed by atoms with Crippen molar-refractivity contribution < 1.29 is 8.78 Å². The van der Waals surface area contributed by atoms with E-state index in [-0.39, 0.29) is 5.56 Å². The summed E-state index contributed by atoms with van der Waals surface area (Å²) in [6, 6.07) is 10.1. The van der Waals surface area contributed by atoms with Gasteiger partial charge in [0.25, 0.3) is 0 Å². The molecule has 0 heterocycles. The number of hydrogen-bond acceptors (Lipinski definition) is 0. The summed E-state index contributed by atoms with van der Waals surface area (Å²) >= 11 is 3.42. The van der Waals surface area contributed by atoms with Crippen LogP contribution in [0.1, 0.15) is 33.5 Å². The van der Waals surface area contributed by atoms with Gasteiger partial charge in [0.05, 0.1) is 4.83 Å². The molecule has 0 fully saturated rings. The van der Waals surface area contributed by atoms with Gasteiger partial charge in [-0.3, -0.25) is 0 Å². The lowest BCUT2D eigenvalue weighted by atomic mass is 10.00. The SMILES string of the molecule is Fc1cccc(F)c1C(Br)c1ccc2c(c1)CCC2. The molecule has 1 unspecified atom stereocenters. The van der Waals surface area contributed by atoms with Crippen LogP contribution in [0.2, 0.25) is 0 Å². The van der Waals surface area contributed by atoms with Crippen LogP contribution in [0.5, 0.6) is 0 Å². The van der Waals surface area contributed by atoms with E-state index in [1.165, 1.54) is 35.7 Å². The van der Waals surface area contributed by atoms with Crippen LogP contribution in [-0.4, -0.2) is 0 Å². The van der Waals surface area contributed by atoms with E-state index >= 15 is 0 Å². The minimum atomic E-state index is -0.512. The fraction of sp³-hybridized carbons (Fsp3) is 0.250. The van der Waals surface area contributed by atoms with Crippen LogP contribution in [0.4, 0.5) is 8.78 Å². The standard InChI is InChI=1S/C16H13BrF2/c17-16(15-13(18)5-2-6-14(15)19)12-8-7-10-3-1-4-11(10)9-12/h2,5-9,16H,1,3-4H2. The summed E-state index contributed by atoms with van der Waals surface area (Å²) in [6.45, 7) is 0. The van der Waals surface area contributed by atoms with Crippen molar-refractivity contribution in [2.75, 3.05) is 0 Å². The normalized spacial score (nSPS) is 15.3. The second-order valence-electron chi connectivity index (χ2n) is 4.88. The van der Waals surface area contributed by atoms with Crippen LogP contribution in [0.25, 0.3) is 0 Å². The van der Waals surface area contributed by atoms with Crippen LogP contribution < -0.4 is 0 Å². The van der Waals surface area contributed by atoms with Crippen molar-refractivity contribution in [3.05, 3.63) is 70.3 Å². The van der Waals surface area contributed by atoms with Gasteiger partial charge < -0.3 is 0 Å². The Hall–Kier alpha value is -1.22. The van der Waals surface area contributed by atoms with Gasteiger partial charge in [-0.25, -0.2) is 8.78 Å². The van der Waals surface area contributed by atoms with Crippen LogP contribution in [0, 0.1) is 11.6 Å². The first kappa shape index (κ1) is 12.8. The van der Waals surface area contributed by atoms with Crippen molar-refractivity contribution in [1.82, 2.24) is 0 Å². The second kappa shape index (κ2) is 5.04. The number of rotatable bonds is 2. The predicted molar refractivity (Wildman–Crippen MR) is 75.6 cm³/mol. The van der Waals surface area contributed by atoms with Gasteiger partial charge in [-0.05, 0) is 48.1 Å². The van der Waals surface area contributed by atoms with E-state index in [9.17, 15) is 8.78 Å². The molecule has 2 aromatic rings. The highest BCUT2D eigenvalue weighted by Gasteiger charge is 2.21. The van der Waals surface area contributed by atoms with E-state index < -0.39 is 16.5 Å². The molecule has 3 rings (SSSR count). The molecule has 1 atom stereocenters. The van der Waals surface area contributed by atoms with Gasteiger partial charge in [-0.2, -0.15) is 0 Å². The maximum Gasteiger partial charge on any atom is 0.130 e. The number of halogens is 3. The highest BCUT2D eigenvalue weighted by atomic mass is 79.9. The fourth-order valence-corrected chi connectivity index (χ4v) is 3.39. The maximum atomic E-state index is 13.8. The Morgan fingerprint density at radius 3 is 2.37 bits per heavy atom. The van der Waals surface area contributed by atoms with E-state index in [1.807, 2.05) is 6.07 Å². The highest BCUT2D eigenvalue weighted by Crippen LogP contribution is 2.36. The summed E-state index contributed by atoms with van der Waals surface area (Å²) in [5, 5.41) is 0. The summed E-state index contributed by atoms with van der Waals surface area (Å²) in [4.78, 5) is -0.445. The quantitative estimate of drug-likeness (QED) is 0.687. The minimum Gasteiger partial charge on any atom is -0.207 e. The van der Waals surface area contributed by atoms with Gasteiger partial charge in [-0.15, -0.1) is 0 Å². The molecule has 0 spiro atoms. The number of hydrogen-bond donors (Lipinski definition) is 0. The molecule has 19 heavy (non-hydrogen) atoms. The zero-order valence-electron chi connectivity index (χ0n) is 10.3. The molecule has 0 saturated carbocycles. The Balaban J connectivity index is 2.02. The van der Waals surface area contributed by atoms with Crippen molar-refractivity contribution in [3.63, 3.8) is 0 Å². The number of benzene rings is 2. The molecule has 3 heteroatoms. The Morgan fingerprint density at radius 1 is 0.947 bits per heavy atom. The molecule has 0 nitrogen and oxygen atoms in total. The smallest absolute Gasteiger partial charge is 0.130 e. The molecular formula is C16H13BrF2. The zero-order valence-corrected chi connectivity index (χ0v) is 11.9. The average Bonchev–Trinajstić information content (AvgIpc) is 2.85. The molecule has 0 amide bonds. The van der Waals surface area contributed by atoms with Gasteiger partial charge in [0.2, 0.25) is 0 Å². The lowest BCUT2D eigenvalue weighted by Gasteiger charge is -2.14. The summed E-state index contributed by atoms with van der Waals surface area (Å²) in [6.07, 6.45) is 3.33. The Bertz CT molecular complexity index is 602. The molecule has 1 aliphatic rings. The third-order valence-electron chi connectivity index (χ3n) is 3.67. The molecule has 98 valence electrons. The van der Waals surface area contributed by atoms with Crippen molar-refractivity contribution in [2.24, 2.45) is 0 Å². The molecule has 2 aromatic carbocycles. The molecule has 0 saturated heterocycles. The minimum absolute atomic E-state index is 0.0837. The molecular weight excluding hydrogens is 310 g/mol. The van der Waals surface area contributed by atoms with Crippen LogP contribution in [0.3, 0.4) is 0 Å². The third-order valence-corrected chi connectivity index (χ3v) is 4.65. The molecule has 0 aliphatic heterocycles. The van der Waals surface area contributed by atoms with E-state index in [2.05, 4.69) is 28.1 Å². The van der Waals surface area contributed by atoms with Crippen molar-refractivity contribution in [1.29, 1.82) is 0 Å². The van der Waals surface area contributed by atoms with Gasteiger partial charge in [0, 0.05) is 5.56 Å². The first-order chi connectivity index (χ1) is 9.16. The summed E-state index contributed by atoms with van der Waals surface area (Å²) in [5.41, 5.74) is 3.65. The Morgan fingerprint density at radius 2 is 1.63 bits per heavy atom. The molecule has 0 bridgehead atoms. The van der Waals surface area contributed by atoms with Gasteiger partial charge in [0.1, 0.15) is 11.6 Å². The highest BCUT2D eigenvalue weighted by molar-refractivity contribution is 9.09. The van der Waals surface area contributed by atoms with E-state index in [0.29, 0.717) is 0 Å². The fourth-order valence-electron chi connectivity index (χ4n) is 2.67. The van der Waals surface area contributed by atoms with E-state index in [0.717, 1.165) is 18.4 Å². The van der Waals surface area contributed by atoms with Crippen LogP contribution in [-0.2, 0) is 12.8 Å². The summed E-state index contributed by atoms with van der Waals surface area (Å²) < 4.78 is 27.6. The third kappa shape index (κ3) is 2.32. The first-order valence-electron chi connectivity index (χ1n) is 6.36. The van der Waals surface area contributed by atoms with Crippen molar-refractivity contribution >= 4 is 15.9 Å². The molecule has 0 aromatic heterocycles. The Kier molecular flexibility index (Phi) is 3.40.